The second-order valence-corrected chi connectivity index (χ2v) is 8.63. The monoisotopic (exact) mass is 471 g/mol. The maximum absolute atomic E-state index is 14.2. The van der Waals surface area contributed by atoms with E-state index in [0.717, 1.165) is 19.6 Å². The standard InChI is InChI=1S/C28H26FN3O3/c29-23-11-5-4-10-22(23)18-26-28(34)32(24-12-6-7-13-25(24)35-26)20-27(33)31-16-14-30(15-17-31)19-21-8-2-1-3-9-21/h1-13,18H,14-17,19-20H2. The summed E-state index contributed by atoms with van der Waals surface area (Å²) in [7, 11) is 0. The van der Waals surface area contributed by atoms with Gasteiger partial charge in [0.2, 0.25) is 5.91 Å². The van der Waals surface area contributed by atoms with Crippen LogP contribution in [-0.4, -0.2) is 54.3 Å². The van der Waals surface area contributed by atoms with E-state index in [0.29, 0.717) is 24.5 Å². The van der Waals surface area contributed by atoms with E-state index in [2.05, 4.69) is 17.0 Å². The van der Waals surface area contributed by atoms with Crippen molar-refractivity contribution in [3.63, 3.8) is 0 Å². The Morgan fingerprint density at radius 3 is 2.34 bits per heavy atom. The summed E-state index contributed by atoms with van der Waals surface area (Å²) in [6, 6.07) is 23.5. The third kappa shape index (κ3) is 5.10. The first kappa shape index (κ1) is 22.8. The Morgan fingerprint density at radius 1 is 0.886 bits per heavy atom. The Labute approximate surface area is 203 Å². The molecule has 1 saturated heterocycles. The number of benzene rings is 3. The first-order chi connectivity index (χ1) is 17.1. The summed E-state index contributed by atoms with van der Waals surface area (Å²) in [5.41, 5.74) is 2.02. The maximum Gasteiger partial charge on any atom is 0.294 e. The fourth-order valence-electron chi connectivity index (χ4n) is 4.38. The van der Waals surface area contributed by atoms with Crippen LogP contribution in [0.2, 0.25) is 0 Å². The van der Waals surface area contributed by atoms with Crippen LogP contribution in [0.25, 0.3) is 6.08 Å². The van der Waals surface area contributed by atoms with Gasteiger partial charge in [0, 0.05) is 38.3 Å². The van der Waals surface area contributed by atoms with E-state index in [1.807, 2.05) is 18.2 Å². The Hall–Kier alpha value is -3.97. The van der Waals surface area contributed by atoms with Gasteiger partial charge >= 0.3 is 0 Å². The molecule has 178 valence electrons. The molecule has 6 nitrogen and oxygen atoms in total. The normalized spacial score (nSPS) is 17.3. The smallest absolute Gasteiger partial charge is 0.294 e. The Balaban J connectivity index is 1.29. The molecule has 3 aromatic rings. The van der Waals surface area contributed by atoms with Crippen molar-refractivity contribution >= 4 is 23.6 Å². The predicted octanol–water partition coefficient (Wildman–Crippen LogP) is 3.94. The molecule has 35 heavy (non-hydrogen) atoms. The SMILES string of the molecule is O=C(CN1C(=O)C(=Cc2ccccc2F)Oc2ccccc21)N1CCN(Cc2ccccc2)CC1. The molecular weight excluding hydrogens is 445 g/mol. The minimum Gasteiger partial charge on any atom is -0.449 e. The number of amides is 2. The van der Waals surface area contributed by atoms with Crippen molar-refractivity contribution < 1.29 is 18.7 Å². The number of para-hydroxylation sites is 2. The zero-order valence-corrected chi connectivity index (χ0v) is 19.3. The fraction of sp³-hybridized carbons (Fsp3) is 0.214. The van der Waals surface area contributed by atoms with Gasteiger partial charge in [-0.3, -0.25) is 19.4 Å². The summed E-state index contributed by atoms with van der Waals surface area (Å²) in [4.78, 5) is 32.1. The number of rotatable bonds is 5. The number of fused-ring (bicyclic) bond motifs is 1. The van der Waals surface area contributed by atoms with Gasteiger partial charge in [0.1, 0.15) is 12.4 Å². The number of carbonyl (C=O) groups excluding carboxylic acids is 2. The maximum atomic E-state index is 14.2. The molecule has 0 aromatic heterocycles. The van der Waals surface area contributed by atoms with Gasteiger partial charge in [0.15, 0.2) is 11.5 Å². The first-order valence-corrected chi connectivity index (χ1v) is 11.7. The third-order valence-corrected chi connectivity index (χ3v) is 6.29. The average molecular weight is 472 g/mol. The Morgan fingerprint density at radius 2 is 1.57 bits per heavy atom. The van der Waals surface area contributed by atoms with Crippen molar-refractivity contribution in [1.29, 1.82) is 0 Å². The van der Waals surface area contributed by atoms with Crippen LogP contribution in [0.3, 0.4) is 0 Å². The van der Waals surface area contributed by atoms with Gasteiger partial charge in [-0.1, -0.05) is 60.7 Å². The molecule has 2 aliphatic rings. The molecule has 0 bridgehead atoms. The van der Waals surface area contributed by atoms with Gasteiger partial charge in [-0.15, -0.1) is 0 Å². The third-order valence-electron chi connectivity index (χ3n) is 6.29. The van der Waals surface area contributed by atoms with Crippen molar-refractivity contribution in [2.24, 2.45) is 0 Å². The van der Waals surface area contributed by atoms with E-state index >= 15 is 0 Å². The van der Waals surface area contributed by atoms with E-state index < -0.39 is 11.7 Å². The van der Waals surface area contributed by atoms with E-state index in [9.17, 15) is 14.0 Å². The van der Waals surface area contributed by atoms with Gasteiger partial charge in [-0.25, -0.2) is 4.39 Å². The second kappa shape index (κ2) is 10.1. The lowest BCUT2D eigenvalue weighted by atomic mass is 10.1. The summed E-state index contributed by atoms with van der Waals surface area (Å²) in [6.07, 6.45) is 1.38. The van der Waals surface area contributed by atoms with Crippen molar-refractivity contribution in [1.82, 2.24) is 9.80 Å². The van der Waals surface area contributed by atoms with Crippen molar-refractivity contribution in [3.8, 4) is 5.75 Å². The molecule has 0 spiro atoms. The summed E-state index contributed by atoms with van der Waals surface area (Å²) in [5.74, 6) is -0.613. The van der Waals surface area contributed by atoms with Gasteiger partial charge in [0.05, 0.1) is 5.69 Å². The summed E-state index contributed by atoms with van der Waals surface area (Å²) < 4.78 is 20.0. The Kier molecular flexibility index (Phi) is 6.59. The molecule has 2 aliphatic heterocycles. The molecule has 0 atom stereocenters. The number of ether oxygens (including phenoxy) is 1. The molecule has 1 fully saturated rings. The summed E-state index contributed by atoms with van der Waals surface area (Å²) in [6.45, 7) is 3.49. The fourth-order valence-corrected chi connectivity index (χ4v) is 4.38. The van der Waals surface area contributed by atoms with Crippen LogP contribution in [0.5, 0.6) is 5.75 Å². The lowest BCUT2D eigenvalue weighted by Gasteiger charge is -2.36. The quantitative estimate of drug-likeness (QED) is 0.529. The van der Waals surface area contributed by atoms with Crippen LogP contribution >= 0.6 is 0 Å². The number of carbonyl (C=O) groups is 2. The summed E-state index contributed by atoms with van der Waals surface area (Å²) in [5, 5.41) is 0. The highest BCUT2D eigenvalue weighted by Crippen LogP contribution is 2.35. The van der Waals surface area contributed by atoms with E-state index in [1.54, 1.807) is 47.4 Å². The molecule has 0 N–H and O–H groups in total. The number of anilines is 1. The van der Waals surface area contributed by atoms with E-state index in [-0.39, 0.29) is 23.8 Å². The summed E-state index contributed by atoms with van der Waals surface area (Å²) >= 11 is 0. The second-order valence-electron chi connectivity index (χ2n) is 8.63. The molecule has 0 aliphatic carbocycles. The topological polar surface area (TPSA) is 53.1 Å². The molecule has 0 unspecified atom stereocenters. The van der Waals surface area contributed by atoms with Crippen molar-refractivity contribution in [3.05, 3.63) is 102 Å². The lowest BCUT2D eigenvalue weighted by molar-refractivity contribution is -0.133. The molecular formula is C28H26FN3O3. The molecule has 0 saturated carbocycles. The highest BCUT2D eigenvalue weighted by molar-refractivity contribution is 6.12. The van der Waals surface area contributed by atoms with Crippen LogP contribution in [0, 0.1) is 5.82 Å². The molecule has 2 amide bonds. The number of hydrogen-bond donors (Lipinski definition) is 0. The van der Waals surface area contributed by atoms with Crippen molar-refractivity contribution in [2.75, 3.05) is 37.6 Å². The number of hydrogen-bond acceptors (Lipinski definition) is 4. The molecule has 0 radical (unpaired) electrons. The molecule has 5 rings (SSSR count). The predicted molar refractivity (Wildman–Crippen MR) is 132 cm³/mol. The molecule has 3 aromatic carbocycles. The number of piperazine rings is 1. The zero-order valence-electron chi connectivity index (χ0n) is 19.3. The number of halogens is 1. The lowest BCUT2D eigenvalue weighted by Crippen LogP contribution is -2.52. The zero-order chi connectivity index (χ0) is 24.2. The van der Waals surface area contributed by atoms with Crippen LogP contribution in [0.1, 0.15) is 11.1 Å². The van der Waals surface area contributed by atoms with Crippen molar-refractivity contribution in [2.45, 2.75) is 6.54 Å². The van der Waals surface area contributed by atoms with E-state index in [4.69, 9.17) is 4.74 Å². The van der Waals surface area contributed by atoms with Gasteiger partial charge < -0.3 is 9.64 Å². The van der Waals surface area contributed by atoms with Gasteiger partial charge in [0.25, 0.3) is 5.91 Å². The highest BCUT2D eigenvalue weighted by Gasteiger charge is 2.33. The van der Waals surface area contributed by atoms with Crippen LogP contribution in [-0.2, 0) is 16.1 Å². The van der Waals surface area contributed by atoms with Gasteiger partial charge in [-0.2, -0.15) is 0 Å². The van der Waals surface area contributed by atoms with Crippen LogP contribution in [0.4, 0.5) is 10.1 Å². The van der Waals surface area contributed by atoms with Crippen LogP contribution in [0.15, 0.2) is 84.6 Å². The van der Waals surface area contributed by atoms with Gasteiger partial charge in [-0.05, 0) is 29.8 Å². The number of nitrogens with zero attached hydrogens (tertiary/aromatic N) is 3. The molecule has 2 heterocycles. The minimum absolute atomic E-state index is 0.0192. The first-order valence-electron chi connectivity index (χ1n) is 11.7. The van der Waals surface area contributed by atoms with Crippen LogP contribution < -0.4 is 9.64 Å². The minimum atomic E-state index is -0.469. The highest BCUT2D eigenvalue weighted by atomic mass is 19.1. The van der Waals surface area contributed by atoms with E-state index in [1.165, 1.54) is 22.6 Å². The molecule has 7 heteroatoms. The Bertz CT molecular complexity index is 1250. The average Bonchev–Trinajstić information content (AvgIpc) is 2.89. The largest absolute Gasteiger partial charge is 0.449 e.